The molecule has 436 valence electrons. The Kier molecular flexibility index (Phi) is 22.5. The van der Waals surface area contributed by atoms with E-state index in [1.807, 2.05) is 6.92 Å². The molecule has 2 aromatic heterocycles. The number of esters is 3. The third-order valence-electron chi connectivity index (χ3n) is 13.6. The molecule has 0 saturated carbocycles. The van der Waals surface area contributed by atoms with Crippen molar-refractivity contribution in [1.82, 2.24) is 25.5 Å². The van der Waals surface area contributed by atoms with Gasteiger partial charge in [-0.15, -0.1) is 0 Å². The highest BCUT2D eigenvalue weighted by Gasteiger charge is 2.50. The average Bonchev–Trinajstić information content (AvgIpc) is 4.03. The number of rotatable bonds is 27. The summed E-state index contributed by atoms with van der Waals surface area (Å²) in [5.41, 5.74) is -1.36. The van der Waals surface area contributed by atoms with Gasteiger partial charge >= 0.3 is 30.2 Å². The van der Waals surface area contributed by atoms with Crippen LogP contribution in [0.3, 0.4) is 0 Å². The Morgan fingerprint density at radius 2 is 1.34 bits per heavy atom. The van der Waals surface area contributed by atoms with Crippen molar-refractivity contribution in [2.75, 3.05) is 6.54 Å². The molecule has 2 aliphatic heterocycles. The number of cyclic esters (lactones) is 1. The lowest BCUT2D eigenvalue weighted by molar-refractivity contribution is -0.189. The summed E-state index contributed by atoms with van der Waals surface area (Å²) in [6, 6.07) is 4.54. The van der Waals surface area contributed by atoms with E-state index in [0.717, 1.165) is 42.2 Å². The number of pyridine rings is 2. The molecule has 79 heavy (non-hydrogen) atoms. The first-order valence-electron chi connectivity index (χ1n) is 28.5. The predicted molar refractivity (Wildman–Crippen MR) is 298 cm³/mol. The third kappa shape index (κ3) is 18.3. The second-order valence-corrected chi connectivity index (χ2v) is 23.7. The fourth-order valence-corrected chi connectivity index (χ4v) is 9.84. The Balaban J connectivity index is 1.32. The molecule has 5 rings (SSSR count). The van der Waals surface area contributed by atoms with Crippen molar-refractivity contribution in [2.45, 2.75) is 246 Å². The molecule has 19 heteroatoms. The van der Waals surface area contributed by atoms with Crippen molar-refractivity contribution in [3.63, 3.8) is 0 Å². The summed E-state index contributed by atoms with van der Waals surface area (Å²) in [6.45, 7) is 21.5. The van der Waals surface area contributed by atoms with Gasteiger partial charge < -0.3 is 48.9 Å². The highest BCUT2D eigenvalue weighted by molar-refractivity contribution is 5.93. The standard InChI is InChI=1S/C60H87N5O14/c1-13-16-17-18-19-20-21-22-23-24-28-46(53(70)77-57(4,5)6)64-51(68)45(27-25-26-33-61-55(72)78-58(7,8)9)62-48(66)31-32-49(67)76-60(15-3)43-35-47-50-41(36-65(47)52(69)42(43)37-74-54(60)71)39(14-2)40-34-38(29-30-44(40)63-50)75-56(73)79-59(10,11)12/h29-30,34-35,45-46H,13-28,31-33,36-37H2,1-12H3,(H,61,72)(H,62,66)(H,64,68)/t45-,46?,60-/m0/s1. The zero-order valence-corrected chi connectivity index (χ0v) is 48.9. The van der Waals surface area contributed by atoms with Gasteiger partial charge in [0, 0.05) is 29.5 Å². The van der Waals surface area contributed by atoms with Crippen LogP contribution in [0.5, 0.6) is 5.75 Å². The molecule has 0 spiro atoms. The third-order valence-corrected chi connectivity index (χ3v) is 13.6. The van der Waals surface area contributed by atoms with Crippen LogP contribution in [-0.4, -0.2) is 87.0 Å². The number of alkyl carbamates (subject to hydrolysis) is 1. The van der Waals surface area contributed by atoms with Crippen LogP contribution in [0.2, 0.25) is 0 Å². The van der Waals surface area contributed by atoms with Crippen LogP contribution in [-0.2, 0) is 72.8 Å². The lowest BCUT2D eigenvalue weighted by Gasteiger charge is -2.35. The molecule has 4 heterocycles. The summed E-state index contributed by atoms with van der Waals surface area (Å²) < 4.78 is 35.0. The summed E-state index contributed by atoms with van der Waals surface area (Å²) in [6.07, 6.45) is 10.2. The van der Waals surface area contributed by atoms with Gasteiger partial charge in [-0.1, -0.05) is 85.0 Å². The Labute approximate surface area is 465 Å². The fraction of sp³-hybridized carbons (Fsp3) is 0.650. The van der Waals surface area contributed by atoms with Crippen LogP contribution in [0.15, 0.2) is 29.1 Å². The minimum absolute atomic E-state index is 0.110. The number of carbonyl (C=O) groups excluding carboxylic acids is 7. The Morgan fingerprint density at radius 1 is 0.722 bits per heavy atom. The summed E-state index contributed by atoms with van der Waals surface area (Å²) in [5, 5.41) is 9.02. The number of aromatic nitrogens is 2. The number of unbranched alkanes of at least 4 members (excludes halogenated alkanes) is 10. The average molecular weight is 1100 g/mol. The summed E-state index contributed by atoms with van der Waals surface area (Å²) in [5.74, 6) is -3.43. The Morgan fingerprint density at radius 3 is 1.96 bits per heavy atom. The Hall–Kier alpha value is -6.53. The second-order valence-electron chi connectivity index (χ2n) is 23.7. The molecule has 0 fully saturated rings. The maximum atomic E-state index is 14.4. The number of carbonyl (C=O) groups is 7. The maximum absolute atomic E-state index is 14.4. The van der Waals surface area contributed by atoms with E-state index in [2.05, 4.69) is 22.9 Å². The lowest BCUT2D eigenvalue weighted by atomic mass is 9.85. The van der Waals surface area contributed by atoms with E-state index >= 15 is 0 Å². The number of fused-ring (bicyclic) bond motifs is 5. The van der Waals surface area contributed by atoms with Gasteiger partial charge in [0.15, 0.2) is 0 Å². The molecular formula is C60H87N5O14. The van der Waals surface area contributed by atoms with E-state index < -0.39 is 94.9 Å². The molecule has 3 atom stereocenters. The van der Waals surface area contributed by atoms with Crippen LogP contribution in [0.4, 0.5) is 9.59 Å². The van der Waals surface area contributed by atoms with Gasteiger partial charge in [-0.05, 0) is 131 Å². The summed E-state index contributed by atoms with van der Waals surface area (Å²) in [7, 11) is 0. The van der Waals surface area contributed by atoms with Crippen LogP contribution in [0, 0.1) is 0 Å². The monoisotopic (exact) mass is 1100 g/mol. The number of hydrogen-bond donors (Lipinski definition) is 3. The second kappa shape index (κ2) is 28.1. The molecule has 3 aromatic rings. The van der Waals surface area contributed by atoms with Crippen molar-refractivity contribution in [2.24, 2.45) is 0 Å². The van der Waals surface area contributed by atoms with Crippen molar-refractivity contribution in [3.05, 3.63) is 56.9 Å². The van der Waals surface area contributed by atoms with E-state index in [4.69, 9.17) is 33.4 Å². The van der Waals surface area contributed by atoms with E-state index in [-0.39, 0.29) is 49.4 Å². The summed E-state index contributed by atoms with van der Waals surface area (Å²) >= 11 is 0. The molecule has 19 nitrogen and oxygen atoms in total. The maximum Gasteiger partial charge on any atom is 0.514 e. The molecule has 3 amide bonds. The normalized spacial score (nSPS) is 15.6. The van der Waals surface area contributed by atoms with Crippen molar-refractivity contribution in [3.8, 4) is 17.1 Å². The lowest BCUT2D eigenvalue weighted by Crippen LogP contribution is -2.52. The van der Waals surface area contributed by atoms with Gasteiger partial charge in [0.05, 0.1) is 35.4 Å². The van der Waals surface area contributed by atoms with E-state index in [1.54, 1.807) is 98.1 Å². The van der Waals surface area contributed by atoms with Crippen LogP contribution in [0.1, 0.15) is 214 Å². The number of aryl methyl sites for hydroxylation is 1. The minimum atomic E-state index is -2.04. The number of amides is 3. The molecule has 3 N–H and O–H groups in total. The molecule has 2 aliphatic rings. The molecule has 1 unspecified atom stereocenters. The highest BCUT2D eigenvalue weighted by Crippen LogP contribution is 2.43. The molecule has 1 aromatic carbocycles. The van der Waals surface area contributed by atoms with Gasteiger partial charge in [0.1, 0.15) is 41.2 Å². The first kappa shape index (κ1) is 63.3. The number of hydrogen-bond acceptors (Lipinski definition) is 15. The van der Waals surface area contributed by atoms with Gasteiger partial charge in [0.25, 0.3) is 5.56 Å². The van der Waals surface area contributed by atoms with Gasteiger partial charge in [0.2, 0.25) is 17.4 Å². The van der Waals surface area contributed by atoms with Gasteiger partial charge in [-0.2, -0.15) is 0 Å². The Bertz CT molecular complexity index is 2730. The molecular weight excluding hydrogens is 1010 g/mol. The van der Waals surface area contributed by atoms with E-state index in [0.29, 0.717) is 49.0 Å². The van der Waals surface area contributed by atoms with Crippen molar-refractivity contribution in [1.29, 1.82) is 0 Å². The SMILES string of the molecule is CCCCCCCCCCCCC(NC(=O)[C@H](CCCCNC(=O)OC(C)(C)C)NC(=O)CCC(=O)O[C@]1(CC)C(=O)OCc2c1cc1n(c2=O)Cc2c-1nc1ccc(OC(=O)OC(C)(C)C)cc1c2CC)C(=O)OC(C)(C)C. The highest BCUT2D eigenvalue weighted by atomic mass is 16.7. The number of ether oxygens (including phenoxy) is 6. The van der Waals surface area contributed by atoms with E-state index in [9.17, 15) is 38.4 Å². The van der Waals surface area contributed by atoms with Gasteiger partial charge in [-0.3, -0.25) is 19.2 Å². The number of benzene rings is 1. The summed E-state index contributed by atoms with van der Waals surface area (Å²) in [4.78, 5) is 113. The number of nitrogens with zero attached hydrogens (tertiary/aromatic N) is 2. The van der Waals surface area contributed by atoms with Crippen LogP contribution < -0.4 is 26.2 Å². The van der Waals surface area contributed by atoms with Crippen LogP contribution >= 0.6 is 0 Å². The quantitative estimate of drug-likeness (QED) is 0.0217. The number of nitrogens with one attached hydrogen (secondary N) is 3. The van der Waals surface area contributed by atoms with Gasteiger partial charge in [-0.25, -0.2) is 24.2 Å². The first-order valence-corrected chi connectivity index (χ1v) is 28.5. The molecule has 0 aliphatic carbocycles. The molecule has 0 radical (unpaired) electrons. The molecule has 0 bridgehead atoms. The predicted octanol–water partition coefficient (Wildman–Crippen LogP) is 10.6. The first-order chi connectivity index (χ1) is 37.2. The largest absolute Gasteiger partial charge is 0.514 e. The smallest absolute Gasteiger partial charge is 0.458 e. The topological polar surface area (TPSA) is 246 Å². The minimum Gasteiger partial charge on any atom is -0.458 e. The zero-order valence-electron chi connectivity index (χ0n) is 48.9. The fourth-order valence-electron chi connectivity index (χ4n) is 9.84. The van der Waals surface area contributed by atoms with Crippen molar-refractivity contribution >= 4 is 52.9 Å². The molecule has 0 saturated heterocycles. The van der Waals surface area contributed by atoms with Crippen molar-refractivity contribution < 1.29 is 62.0 Å². The van der Waals surface area contributed by atoms with Crippen LogP contribution in [0.25, 0.3) is 22.3 Å². The van der Waals surface area contributed by atoms with E-state index in [1.165, 1.54) is 32.1 Å². The zero-order chi connectivity index (χ0) is 58.3.